The summed E-state index contributed by atoms with van der Waals surface area (Å²) in [7, 11) is 3.66. The van der Waals surface area contributed by atoms with Crippen molar-refractivity contribution in [1.29, 1.82) is 0 Å². The Morgan fingerprint density at radius 3 is 2.63 bits per heavy atom. The van der Waals surface area contributed by atoms with E-state index in [-0.39, 0.29) is 23.5 Å². The molecule has 1 aromatic carbocycles. The molecule has 7 heteroatoms. The second-order valence-corrected chi connectivity index (χ2v) is 11.7. The number of benzene rings is 1. The summed E-state index contributed by atoms with van der Waals surface area (Å²) in [4.78, 5) is 28.2. The first-order chi connectivity index (χ1) is 18.4. The van der Waals surface area contributed by atoms with Crippen LogP contribution in [0.1, 0.15) is 89.5 Å². The van der Waals surface area contributed by atoms with E-state index in [1.807, 2.05) is 18.0 Å². The van der Waals surface area contributed by atoms with E-state index in [0.29, 0.717) is 31.9 Å². The molecule has 2 amide bonds. The van der Waals surface area contributed by atoms with Crippen LogP contribution < -0.4 is 10.6 Å². The van der Waals surface area contributed by atoms with E-state index >= 15 is 0 Å². The summed E-state index contributed by atoms with van der Waals surface area (Å²) in [5, 5.41) is 6.58. The predicted molar refractivity (Wildman–Crippen MR) is 150 cm³/mol. The Kier molecular flexibility index (Phi) is 12.5. The molecular formula is C31H50FN3O3. The second-order valence-electron chi connectivity index (χ2n) is 11.7. The molecule has 0 aromatic heterocycles. The van der Waals surface area contributed by atoms with Crippen LogP contribution in [0.5, 0.6) is 0 Å². The highest BCUT2D eigenvalue weighted by molar-refractivity contribution is 5.77. The van der Waals surface area contributed by atoms with Crippen molar-refractivity contribution in [3.63, 3.8) is 0 Å². The third-order valence-corrected chi connectivity index (χ3v) is 8.73. The zero-order valence-electron chi connectivity index (χ0n) is 23.9. The number of rotatable bonds is 14. The van der Waals surface area contributed by atoms with Gasteiger partial charge in [-0.05, 0) is 81.6 Å². The van der Waals surface area contributed by atoms with Gasteiger partial charge in [0.05, 0.1) is 5.54 Å². The first-order valence-electron chi connectivity index (χ1n) is 14.8. The standard InChI is InChI=1S/C31H50FN3O3/c1-24(36)34-31(16-7-8-18-38-3,27-13-9-15-29(32)21-27)28-14-10-17-35(23-28)30(37)20-26(22-33-2)19-25-11-5-4-6-12-25/h9,13,15,21,25-26,28,33H,4-8,10-12,14,16-20,22-23H2,1-3H3,(H,34,36)/t26-,28-,31-/m1/s1. The lowest BCUT2D eigenvalue weighted by atomic mass is 9.71. The van der Waals surface area contributed by atoms with Gasteiger partial charge in [0.15, 0.2) is 0 Å². The lowest BCUT2D eigenvalue weighted by Gasteiger charge is -2.47. The zero-order chi connectivity index (χ0) is 27.4. The van der Waals surface area contributed by atoms with Gasteiger partial charge in [0.2, 0.25) is 11.8 Å². The number of carbonyl (C=O) groups excluding carboxylic acids is 2. The third-order valence-electron chi connectivity index (χ3n) is 8.73. The molecule has 3 rings (SSSR count). The fraction of sp³-hybridized carbons (Fsp3) is 0.742. The molecule has 2 aliphatic rings. The Hall–Kier alpha value is -1.99. The molecule has 0 spiro atoms. The Labute approximate surface area is 229 Å². The number of methoxy groups -OCH3 is 1. The second kappa shape index (κ2) is 15.6. The fourth-order valence-electron chi connectivity index (χ4n) is 6.95. The third kappa shape index (κ3) is 8.77. The molecule has 214 valence electrons. The maximum atomic E-state index is 14.5. The van der Waals surface area contributed by atoms with Crippen molar-refractivity contribution in [1.82, 2.24) is 15.5 Å². The highest BCUT2D eigenvalue weighted by atomic mass is 19.1. The van der Waals surface area contributed by atoms with E-state index in [1.54, 1.807) is 19.2 Å². The summed E-state index contributed by atoms with van der Waals surface area (Å²) in [5.74, 6) is 0.849. The number of hydrogen-bond donors (Lipinski definition) is 2. The van der Waals surface area contributed by atoms with Crippen LogP contribution >= 0.6 is 0 Å². The minimum atomic E-state index is -0.729. The molecule has 1 aromatic rings. The smallest absolute Gasteiger partial charge is 0.222 e. The van der Waals surface area contributed by atoms with Crippen LogP contribution in [0.25, 0.3) is 0 Å². The van der Waals surface area contributed by atoms with Gasteiger partial charge in [0, 0.05) is 46.1 Å². The number of unbranched alkanes of at least 4 members (excludes halogenated alkanes) is 1. The number of nitrogens with zero attached hydrogens (tertiary/aromatic N) is 1. The van der Waals surface area contributed by atoms with Crippen molar-refractivity contribution >= 4 is 11.8 Å². The number of ether oxygens (including phenoxy) is 1. The van der Waals surface area contributed by atoms with E-state index < -0.39 is 5.54 Å². The van der Waals surface area contributed by atoms with Gasteiger partial charge in [-0.1, -0.05) is 44.2 Å². The van der Waals surface area contributed by atoms with Gasteiger partial charge in [0.25, 0.3) is 0 Å². The van der Waals surface area contributed by atoms with Crippen molar-refractivity contribution in [2.45, 2.75) is 89.5 Å². The molecule has 1 saturated heterocycles. The first kappa shape index (κ1) is 30.6. The Balaban J connectivity index is 1.79. The fourth-order valence-corrected chi connectivity index (χ4v) is 6.95. The number of piperidine rings is 1. The normalized spacial score (nSPS) is 21.1. The van der Waals surface area contributed by atoms with Crippen molar-refractivity contribution < 1.29 is 18.7 Å². The number of amides is 2. The Morgan fingerprint density at radius 2 is 1.95 bits per heavy atom. The van der Waals surface area contributed by atoms with Gasteiger partial charge in [-0.15, -0.1) is 0 Å². The molecular weight excluding hydrogens is 481 g/mol. The van der Waals surface area contributed by atoms with Gasteiger partial charge in [-0.3, -0.25) is 9.59 Å². The maximum Gasteiger partial charge on any atom is 0.222 e. The predicted octanol–water partition coefficient (Wildman–Crippen LogP) is 5.41. The van der Waals surface area contributed by atoms with Crippen LogP contribution in [-0.4, -0.2) is 57.1 Å². The molecule has 1 aliphatic carbocycles. The molecule has 0 unspecified atom stereocenters. The minimum Gasteiger partial charge on any atom is -0.385 e. The molecule has 1 aliphatic heterocycles. The summed E-state index contributed by atoms with van der Waals surface area (Å²) in [6.45, 7) is 4.35. The molecule has 2 N–H and O–H groups in total. The number of carbonyl (C=O) groups is 2. The highest BCUT2D eigenvalue weighted by Crippen LogP contribution is 2.40. The molecule has 2 fully saturated rings. The minimum absolute atomic E-state index is 0.00883. The molecule has 38 heavy (non-hydrogen) atoms. The van der Waals surface area contributed by atoms with Gasteiger partial charge in [0.1, 0.15) is 5.82 Å². The van der Waals surface area contributed by atoms with Crippen molar-refractivity contribution in [3.05, 3.63) is 35.6 Å². The van der Waals surface area contributed by atoms with Crippen LogP contribution in [0.2, 0.25) is 0 Å². The Bertz CT molecular complexity index is 876. The molecule has 1 heterocycles. The van der Waals surface area contributed by atoms with Gasteiger partial charge in [-0.2, -0.15) is 0 Å². The Morgan fingerprint density at radius 1 is 1.16 bits per heavy atom. The number of likely N-dealkylation sites (tertiary alicyclic amines) is 1. The summed E-state index contributed by atoms with van der Waals surface area (Å²) < 4.78 is 19.7. The largest absolute Gasteiger partial charge is 0.385 e. The zero-order valence-corrected chi connectivity index (χ0v) is 23.9. The summed E-state index contributed by atoms with van der Waals surface area (Å²) in [6, 6.07) is 6.64. The van der Waals surface area contributed by atoms with Gasteiger partial charge >= 0.3 is 0 Å². The maximum absolute atomic E-state index is 14.5. The van der Waals surface area contributed by atoms with E-state index in [1.165, 1.54) is 45.1 Å². The summed E-state index contributed by atoms with van der Waals surface area (Å²) in [5.41, 5.74) is 0.0578. The summed E-state index contributed by atoms with van der Waals surface area (Å²) in [6.07, 6.45) is 12.3. The summed E-state index contributed by atoms with van der Waals surface area (Å²) >= 11 is 0. The van der Waals surface area contributed by atoms with Crippen molar-refractivity contribution in [2.75, 3.05) is 40.4 Å². The molecule has 1 saturated carbocycles. The van der Waals surface area contributed by atoms with Crippen LogP contribution in [-0.2, 0) is 19.9 Å². The first-order valence-corrected chi connectivity index (χ1v) is 14.8. The lowest BCUT2D eigenvalue weighted by molar-refractivity contribution is -0.135. The van der Waals surface area contributed by atoms with E-state index in [0.717, 1.165) is 56.7 Å². The van der Waals surface area contributed by atoms with E-state index in [4.69, 9.17) is 4.74 Å². The topological polar surface area (TPSA) is 70.7 Å². The van der Waals surface area contributed by atoms with Crippen LogP contribution in [0, 0.1) is 23.6 Å². The van der Waals surface area contributed by atoms with Crippen molar-refractivity contribution in [2.24, 2.45) is 17.8 Å². The average molecular weight is 532 g/mol. The molecule has 6 nitrogen and oxygen atoms in total. The molecule has 0 bridgehead atoms. The van der Waals surface area contributed by atoms with Crippen LogP contribution in [0.15, 0.2) is 24.3 Å². The quantitative estimate of drug-likeness (QED) is 0.315. The number of nitrogens with one attached hydrogen (secondary N) is 2. The number of hydrogen-bond acceptors (Lipinski definition) is 4. The highest BCUT2D eigenvalue weighted by Gasteiger charge is 2.43. The number of halogens is 1. The SMILES string of the molecule is CNC[C@@H](CC(=O)N1CCC[C@@H]([C@](CCCCOC)(NC(C)=O)c2cccc(F)c2)C1)CC1CCCCC1. The molecule has 3 atom stereocenters. The van der Waals surface area contributed by atoms with E-state index in [2.05, 4.69) is 10.6 Å². The average Bonchev–Trinajstić information content (AvgIpc) is 2.91. The van der Waals surface area contributed by atoms with Gasteiger partial charge in [-0.25, -0.2) is 4.39 Å². The van der Waals surface area contributed by atoms with Crippen molar-refractivity contribution in [3.8, 4) is 0 Å². The molecule has 0 radical (unpaired) electrons. The van der Waals surface area contributed by atoms with Crippen LogP contribution in [0.3, 0.4) is 0 Å². The van der Waals surface area contributed by atoms with E-state index in [9.17, 15) is 14.0 Å². The monoisotopic (exact) mass is 531 g/mol. The van der Waals surface area contributed by atoms with Gasteiger partial charge < -0.3 is 20.3 Å². The lowest BCUT2D eigenvalue weighted by Crippen LogP contribution is -2.56. The van der Waals surface area contributed by atoms with Crippen LogP contribution in [0.4, 0.5) is 4.39 Å².